The highest BCUT2D eigenvalue weighted by Gasteiger charge is 2.48. The van der Waals surface area contributed by atoms with Gasteiger partial charge >= 0.3 is 6.03 Å². The van der Waals surface area contributed by atoms with Gasteiger partial charge in [-0.3, -0.25) is 14.5 Å². The number of carbonyl (C=O) groups is 3. The molecule has 0 spiro atoms. The summed E-state index contributed by atoms with van der Waals surface area (Å²) in [7, 11) is 0. The third kappa shape index (κ3) is 2.43. The van der Waals surface area contributed by atoms with E-state index in [1.165, 1.54) is 6.92 Å². The maximum absolute atomic E-state index is 12.5. The van der Waals surface area contributed by atoms with Gasteiger partial charge in [0, 0.05) is 13.0 Å². The zero-order chi connectivity index (χ0) is 14.9. The van der Waals surface area contributed by atoms with E-state index in [0.717, 1.165) is 16.0 Å². The third-order valence-electron chi connectivity index (χ3n) is 3.59. The summed E-state index contributed by atoms with van der Waals surface area (Å²) in [5.41, 5.74) is 0.774. The van der Waals surface area contributed by atoms with Crippen molar-refractivity contribution in [3.8, 4) is 0 Å². The fourth-order valence-corrected chi connectivity index (χ4v) is 2.25. The highest BCUT2D eigenvalue weighted by molar-refractivity contribution is 6.07. The molecule has 1 atom stereocenters. The first-order valence-electron chi connectivity index (χ1n) is 6.55. The molecule has 0 aliphatic carbocycles. The van der Waals surface area contributed by atoms with E-state index in [9.17, 15) is 14.4 Å². The van der Waals surface area contributed by atoms with E-state index < -0.39 is 11.6 Å². The molecule has 0 radical (unpaired) electrons. The second-order valence-electron chi connectivity index (χ2n) is 5.33. The average molecular weight is 274 g/mol. The van der Waals surface area contributed by atoms with Crippen molar-refractivity contribution < 1.29 is 14.4 Å². The maximum Gasteiger partial charge on any atom is 0.325 e. The number of nitrogens with one attached hydrogen (secondary N) is 1. The van der Waals surface area contributed by atoms with Crippen LogP contribution in [0, 0.1) is 6.92 Å². The van der Waals surface area contributed by atoms with Gasteiger partial charge in [-0.25, -0.2) is 4.79 Å². The molecule has 1 aliphatic heterocycles. The SMILES string of the molecule is CC(=O)CCN1C(=O)N[C@@](C)(c2ccc(C)cc2)C1=O. The van der Waals surface area contributed by atoms with E-state index in [-0.39, 0.29) is 24.7 Å². The molecule has 20 heavy (non-hydrogen) atoms. The number of Topliss-reactive ketones (excluding diaryl/α,β-unsaturated/α-hetero) is 1. The molecule has 1 N–H and O–H groups in total. The van der Waals surface area contributed by atoms with Gasteiger partial charge in [-0.1, -0.05) is 29.8 Å². The zero-order valence-electron chi connectivity index (χ0n) is 11.9. The number of nitrogens with zero attached hydrogens (tertiary/aromatic N) is 1. The van der Waals surface area contributed by atoms with E-state index >= 15 is 0 Å². The lowest BCUT2D eigenvalue weighted by molar-refractivity contribution is -0.131. The summed E-state index contributed by atoms with van der Waals surface area (Å²) in [5, 5.41) is 2.72. The molecular weight excluding hydrogens is 256 g/mol. The van der Waals surface area contributed by atoms with Crippen molar-refractivity contribution in [2.24, 2.45) is 0 Å². The molecule has 1 aromatic carbocycles. The minimum Gasteiger partial charge on any atom is -0.319 e. The Morgan fingerprint density at radius 3 is 2.40 bits per heavy atom. The summed E-state index contributed by atoms with van der Waals surface area (Å²) in [5.74, 6) is -0.359. The molecule has 1 aromatic rings. The number of urea groups is 1. The van der Waals surface area contributed by atoms with Crippen LogP contribution in [0.4, 0.5) is 4.79 Å². The lowest BCUT2D eigenvalue weighted by Crippen LogP contribution is -2.41. The number of hydrogen-bond donors (Lipinski definition) is 1. The predicted molar refractivity (Wildman–Crippen MR) is 74.1 cm³/mol. The monoisotopic (exact) mass is 274 g/mol. The Hall–Kier alpha value is -2.17. The number of amides is 3. The van der Waals surface area contributed by atoms with Gasteiger partial charge in [-0.15, -0.1) is 0 Å². The summed E-state index contributed by atoms with van der Waals surface area (Å²) in [6.45, 7) is 5.21. The van der Waals surface area contributed by atoms with Crippen LogP contribution >= 0.6 is 0 Å². The molecule has 106 valence electrons. The van der Waals surface area contributed by atoms with Crippen LogP contribution in [0.1, 0.15) is 31.4 Å². The van der Waals surface area contributed by atoms with Crippen LogP contribution < -0.4 is 5.32 Å². The van der Waals surface area contributed by atoms with E-state index in [2.05, 4.69) is 5.32 Å². The molecule has 5 nitrogen and oxygen atoms in total. The smallest absolute Gasteiger partial charge is 0.319 e. The first-order valence-corrected chi connectivity index (χ1v) is 6.55. The Bertz CT molecular complexity index is 565. The second-order valence-corrected chi connectivity index (χ2v) is 5.33. The Kier molecular flexibility index (Phi) is 3.61. The number of rotatable bonds is 4. The van der Waals surface area contributed by atoms with Gasteiger partial charge in [0.1, 0.15) is 11.3 Å². The summed E-state index contributed by atoms with van der Waals surface area (Å²) < 4.78 is 0. The average Bonchev–Trinajstić information content (AvgIpc) is 2.59. The quantitative estimate of drug-likeness (QED) is 0.850. The van der Waals surface area contributed by atoms with Gasteiger partial charge in [-0.2, -0.15) is 0 Å². The van der Waals surface area contributed by atoms with Crippen molar-refractivity contribution in [3.05, 3.63) is 35.4 Å². The van der Waals surface area contributed by atoms with Crippen LogP contribution in [0.2, 0.25) is 0 Å². The lowest BCUT2D eigenvalue weighted by atomic mass is 9.91. The molecule has 0 aromatic heterocycles. The number of hydrogen-bond acceptors (Lipinski definition) is 3. The van der Waals surface area contributed by atoms with Gasteiger partial charge < -0.3 is 5.32 Å². The van der Waals surface area contributed by atoms with Crippen LogP contribution in [-0.4, -0.2) is 29.2 Å². The number of ketones is 1. The lowest BCUT2D eigenvalue weighted by Gasteiger charge is -2.22. The van der Waals surface area contributed by atoms with Crippen LogP contribution in [0.15, 0.2) is 24.3 Å². The molecule has 3 amide bonds. The van der Waals surface area contributed by atoms with Gasteiger partial charge in [0.2, 0.25) is 0 Å². The Morgan fingerprint density at radius 1 is 1.25 bits per heavy atom. The first kappa shape index (κ1) is 14.2. The summed E-state index contributed by atoms with van der Waals surface area (Å²) >= 11 is 0. The molecule has 5 heteroatoms. The Morgan fingerprint density at radius 2 is 1.85 bits per heavy atom. The third-order valence-corrected chi connectivity index (χ3v) is 3.59. The van der Waals surface area contributed by atoms with Crippen molar-refractivity contribution in [2.75, 3.05) is 6.54 Å². The van der Waals surface area contributed by atoms with Crippen molar-refractivity contribution in [1.29, 1.82) is 0 Å². The normalized spacial score (nSPS) is 22.1. The van der Waals surface area contributed by atoms with Crippen LogP contribution in [0.3, 0.4) is 0 Å². The largest absolute Gasteiger partial charge is 0.325 e. The van der Waals surface area contributed by atoms with E-state index in [1.54, 1.807) is 6.92 Å². The highest BCUT2D eigenvalue weighted by Crippen LogP contribution is 2.29. The molecule has 1 aliphatic rings. The van der Waals surface area contributed by atoms with Crippen LogP contribution in [0.25, 0.3) is 0 Å². The molecule has 1 heterocycles. The number of imide groups is 1. The van der Waals surface area contributed by atoms with E-state index in [1.807, 2.05) is 31.2 Å². The predicted octanol–water partition coefficient (Wildman–Crippen LogP) is 1.74. The minimum absolute atomic E-state index is 0.0467. The number of carbonyl (C=O) groups excluding carboxylic acids is 3. The fourth-order valence-electron chi connectivity index (χ4n) is 2.25. The maximum atomic E-state index is 12.5. The van der Waals surface area contributed by atoms with E-state index in [4.69, 9.17) is 0 Å². The van der Waals surface area contributed by atoms with Crippen molar-refractivity contribution in [1.82, 2.24) is 10.2 Å². The molecule has 2 rings (SSSR count). The van der Waals surface area contributed by atoms with Gasteiger partial charge in [0.05, 0.1) is 0 Å². The van der Waals surface area contributed by atoms with Gasteiger partial charge in [0.15, 0.2) is 0 Å². The fraction of sp³-hybridized carbons (Fsp3) is 0.400. The Labute approximate surface area is 118 Å². The van der Waals surface area contributed by atoms with E-state index in [0.29, 0.717) is 0 Å². The topological polar surface area (TPSA) is 66.5 Å². The molecule has 0 saturated carbocycles. The number of aryl methyl sites for hydroxylation is 1. The molecule has 1 saturated heterocycles. The Balaban J connectivity index is 2.25. The van der Waals surface area contributed by atoms with Gasteiger partial charge in [0.25, 0.3) is 5.91 Å². The van der Waals surface area contributed by atoms with Crippen LogP contribution in [0.5, 0.6) is 0 Å². The molecule has 1 fully saturated rings. The summed E-state index contributed by atoms with van der Waals surface area (Å²) in [6, 6.07) is 7.03. The number of benzene rings is 1. The second kappa shape index (κ2) is 5.07. The molecular formula is C15H18N2O3. The molecule has 0 bridgehead atoms. The van der Waals surface area contributed by atoms with Crippen LogP contribution in [-0.2, 0) is 15.1 Å². The van der Waals surface area contributed by atoms with Gasteiger partial charge in [-0.05, 0) is 26.3 Å². The summed E-state index contributed by atoms with van der Waals surface area (Å²) in [6.07, 6.45) is 0.184. The summed E-state index contributed by atoms with van der Waals surface area (Å²) in [4.78, 5) is 36.5. The van der Waals surface area contributed by atoms with Crippen molar-refractivity contribution in [3.63, 3.8) is 0 Å². The zero-order valence-corrected chi connectivity index (χ0v) is 11.9. The van der Waals surface area contributed by atoms with Crippen molar-refractivity contribution in [2.45, 2.75) is 32.7 Å². The first-order chi connectivity index (χ1) is 9.34. The molecule has 0 unspecified atom stereocenters. The van der Waals surface area contributed by atoms with Crippen molar-refractivity contribution >= 4 is 17.7 Å². The highest BCUT2D eigenvalue weighted by atomic mass is 16.2. The minimum atomic E-state index is -1.05. The standard InChI is InChI=1S/C15H18N2O3/c1-10-4-6-12(7-5-10)15(3)13(19)17(14(20)16-15)9-8-11(2)18/h4-7H,8-9H2,1-3H3,(H,16,20)/t15-/m0/s1.